The van der Waals surface area contributed by atoms with E-state index in [0.717, 1.165) is 42.5 Å². The molecule has 1 saturated heterocycles. The van der Waals surface area contributed by atoms with Crippen LogP contribution in [-0.4, -0.2) is 17.7 Å². The molecule has 5 heteroatoms. The number of aromatic nitrogens is 1. The highest BCUT2D eigenvalue weighted by Crippen LogP contribution is 2.34. The molecule has 0 amide bonds. The van der Waals surface area contributed by atoms with Crippen molar-refractivity contribution in [2.24, 2.45) is 7.05 Å². The zero-order valence-electron chi connectivity index (χ0n) is 15.7. The number of fused-ring (bicyclic) bond motifs is 1. The maximum absolute atomic E-state index is 12.7. The highest BCUT2D eigenvalue weighted by molar-refractivity contribution is 5.94. The van der Waals surface area contributed by atoms with E-state index in [0.29, 0.717) is 11.5 Å². The minimum Gasteiger partial charge on any atom is -0.370 e. The molecule has 5 nitrogen and oxygen atoms in total. The highest BCUT2D eigenvalue weighted by Gasteiger charge is 2.25. The fourth-order valence-electron chi connectivity index (χ4n) is 4.17. The predicted molar refractivity (Wildman–Crippen MR) is 109 cm³/mol. The summed E-state index contributed by atoms with van der Waals surface area (Å²) < 4.78 is 1.56. The Bertz CT molecular complexity index is 1170. The molecule has 0 aliphatic carbocycles. The molecule has 28 heavy (non-hydrogen) atoms. The summed E-state index contributed by atoms with van der Waals surface area (Å²) in [5, 5.41) is 19.6. The van der Waals surface area contributed by atoms with Gasteiger partial charge in [0.15, 0.2) is 0 Å². The van der Waals surface area contributed by atoms with E-state index in [-0.39, 0.29) is 11.1 Å². The molecule has 0 unspecified atom stereocenters. The number of pyridine rings is 1. The molecule has 0 saturated carbocycles. The number of rotatable bonds is 2. The summed E-state index contributed by atoms with van der Waals surface area (Å²) in [7, 11) is 1.71. The third kappa shape index (κ3) is 2.92. The second-order valence-corrected chi connectivity index (χ2v) is 7.21. The van der Waals surface area contributed by atoms with Gasteiger partial charge >= 0.3 is 0 Å². The third-order valence-electron chi connectivity index (χ3n) is 5.71. The second kappa shape index (κ2) is 7.21. The maximum atomic E-state index is 12.7. The molecule has 1 fully saturated rings. The van der Waals surface area contributed by atoms with Crippen LogP contribution >= 0.6 is 0 Å². The molecule has 138 valence electrons. The van der Waals surface area contributed by atoms with Crippen LogP contribution < -0.4 is 10.5 Å². The Labute approximate surface area is 163 Å². The van der Waals surface area contributed by atoms with Gasteiger partial charge in [-0.3, -0.25) is 4.79 Å². The van der Waals surface area contributed by atoms with E-state index < -0.39 is 0 Å². The van der Waals surface area contributed by atoms with Crippen molar-refractivity contribution in [3.63, 3.8) is 0 Å². The lowest BCUT2D eigenvalue weighted by atomic mass is 9.88. The Morgan fingerprint density at radius 1 is 0.964 bits per heavy atom. The quantitative estimate of drug-likeness (QED) is 0.692. The van der Waals surface area contributed by atoms with Crippen LogP contribution in [0.2, 0.25) is 0 Å². The van der Waals surface area contributed by atoms with Gasteiger partial charge in [-0.1, -0.05) is 30.3 Å². The third-order valence-corrected chi connectivity index (χ3v) is 5.71. The molecular weight excluding hydrogens is 348 g/mol. The summed E-state index contributed by atoms with van der Waals surface area (Å²) in [5.41, 5.74) is 3.50. The van der Waals surface area contributed by atoms with Crippen molar-refractivity contribution < 1.29 is 0 Å². The van der Waals surface area contributed by atoms with Gasteiger partial charge in [0.2, 0.25) is 0 Å². The highest BCUT2D eigenvalue weighted by atomic mass is 16.1. The molecule has 0 spiro atoms. The molecule has 2 heterocycles. The van der Waals surface area contributed by atoms with Crippen LogP contribution in [0.3, 0.4) is 0 Å². The average Bonchev–Trinajstić information content (AvgIpc) is 2.76. The maximum Gasteiger partial charge on any atom is 0.270 e. The second-order valence-electron chi connectivity index (χ2n) is 7.21. The molecule has 2 aromatic carbocycles. The van der Waals surface area contributed by atoms with Crippen LogP contribution in [0, 0.1) is 22.7 Å². The number of benzene rings is 2. The van der Waals surface area contributed by atoms with Crippen molar-refractivity contribution in [2.45, 2.75) is 18.8 Å². The number of aryl methyl sites for hydroxylation is 1. The molecule has 0 bridgehead atoms. The van der Waals surface area contributed by atoms with Crippen LogP contribution in [0.4, 0.5) is 5.69 Å². The zero-order chi connectivity index (χ0) is 19.7. The number of piperidine rings is 1. The van der Waals surface area contributed by atoms with Gasteiger partial charge in [-0.2, -0.15) is 10.5 Å². The van der Waals surface area contributed by atoms with Crippen molar-refractivity contribution in [1.29, 1.82) is 10.5 Å². The number of anilines is 1. The van der Waals surface area contributed by atoms with E-state index in [1.807, 2.05) is 48.5 Å². The summed E-state index contributed by atoms with van der Waals surface area (Å²) in [6.07, 6.45) is 1.89. The molecule has 0 atom stereocenters. The predicted octanol–water partition coefficient (Wildman–Crippen LogP) is 3.67. The lowest BCUT2D eigenvalue weighted by Gasteiger charge is -2.35. The number of para-hydroxylation sites is 1. The minimum absolute atomic E-state index is 0.220. The average molecular weight is 368 g/mol. The summed E-state index contributed by atoms with van der Waals surface area (Å²) in [4.78, 5) is 14.9. The zero-order valence-corrected chi connectivity index (χ0v) is 15.7. The summed E-state index contributed by atoms with van der Waals surface area (Å²) in [5.74, 6) is 0.423. The first kappa shape index (κ1) is 17.8. The Hall–Kier alpha value is -3.57. The van der Waals surface area contributed by atoms with Crippen LogP contribution in [0.1, 0.15) is 35.4 Å². The van der Waals surface area contributed by atoms with E-state index in [1.165, 1.54) is 5.56 Å². The first-order valence-corrected chi connectivity index (χ1v) is 9.41. The first-order valence-electron chi connectivity index (χ1n) is 9.41. The van der Waals surface area contributed by atoms with Crippen LogP contribution in [0.15, 0.2) is 53.3 Å². The van der Waals surface area contributed by atoms with Gasteiger partial charge in [-0.05, 0) is 42.5 Å². The van der Waals surface area contributed by atoms with Gasteiger partial charge in [0.1, 0.15) is 11.6 Å². The van der Waals surface area contributed by atoms with Crippen LogP contribution in [-0.2, 0) is 7.05 Å². The molecular formula is C23H20N4O. The van der Waals surface area contributed by atoms with Gasteiger partial charge < -0.3 is 9.47 Å². The van der Waals surface area contributed by atoms with Gasteiger partial charge in [-0.25, -0.2) is 0 Å². The van der Waals surface area contributed by atoms with E-state index in [2.05, 4.69) is 17.0 Å². The lowest BCUT2D eigenvalue weighted by Crippen LogP contribution is -2.35. The Kier molecular flexibility index (Phi) is 4.59. The van der Waals surface area contributed by atoms with E-state index >= 15 is 0 Å². The number of nitrogens with zero attached hydrogens (tertiary/aromatic N) is 4. The molecule has 4 rings (SSSR count). The monoisotopic (exact) mass is 368 g/mol. The fourth-order valence-corrected chi connectivity index (χ4v) is 4.17. The van der Waals surface area contributed by atoms with Crippen molar-refractivity contribution in [2.75, 3.05) is 18.0 Å². The Morgan fingerprint density at radius 2 is 1.64 bits per heavy atom. The normalized spacial score (nSPS) is 14.6. The topological polar surface area (TPSA) is 72.8 Å². The van der Waals surface area contributed by atoms with Gasteiger partial charge in [0.05, 0.1) is 22.8 Å². The largest absolute Gasteiger partial charge is 0.370 e. The SMILES string of the molecule is Cn1c(=O)c(C#N)c(N2CCC(c3ccc(C#N)cc3)CC2)c2ccccc21. The molecule has 0 N–H and O–H groups in total. The van der Waals surface area contributed by atoms with Gasteiger partial charge in [0.25, 0.3) is 5.56 Å². The lowest BCUT2D eigenvalue weighted by molar-refractivity contribution is 0.506. The molecule has 3 aromatic rings. The van der Waals surface area contributed by atoms with Gasteiger partial charge in [0, 0.05) is 25.5 Å². The molecule has 1 aliphatic heterocycles. The molecule has 1 aliphatic rings. The minimum atomic E-state index is -0.245. The van der Waals surface area contributed by atoms with E-state index in [4.69, 9.17) is 5.26 Å². The smallest absolute Gasteiger partial charge is 0.270 e. The van der Waals surface area contributed by atoms with Crippen molar-refractivity contribution in [1.82, 2.24) is 4.57 Å². The summed E-state index contributed by atoms with van der Waals surface area (Å²) >= 11 is 0. The van der Waals surface area contributed by atoms with Crippen molar-refractivity contribution >= 4 is 16.6 Å². The standard InChI is InChI=1S/C23H20N4O/c1-26-21-5-3-2-4-19(21)22(20(15-25)23(26)28)27-12-10-18(11-13-27)17-8-6-16(14-24)7-9-17/h2-9,18H,10-13H2,1H3. The number of hydrogen-bond donors (Lipinski definition) is 0. The molecule has 1 aromatic heterocycles. The first-order chi connectivity index (χ1) is 13.6. The number of hydrogen-bond acceptors (Lipinski definition) is 4. The van der Waals surface area contributed by atoms with Crippen LogP contribution in [0.5, 0.6) is 0 Å². The van der Waals surface area contributed by atoms with Crippen molar-refractivity contribution in [3.05, 3.63) is 75.6 Å². The summed E-state index contributed by atoms with van der Waals surface area (Å²) in [6, 6.07) is 19.9. The van der Waals surface area contributed by atoms with Crippen molar-refractivity contribution in [3.8, 4) is 12.1 Å². The molecule has 0 radical (unpaired) electrons. The summed E-state index contributed by atoms with van der Waals surface area (Å²) in [6.45, 7) is 1.58. The fraction of sp³-hybridized carbons (Fsp3) is 0.261. The van der Waals surface area contributed by atoms with Gasteiger partial charge in [-0.15, -0.1) is 0 Å². The Morgan fingerprint density at radius 3 is 2.29 bits per heavy atom. The van der Waals surface area contributed by atoms with E-state index in [9.17, 15) is 10.1 Å². The van der Waals surface area contributed by atoms with Crippen LogP contribution in [0.25, 0.3) is 10.9 Å². The number of nitriles is 2. The Balaban J connectivity index is 1.67. The van der Waals surface area contributed by atoms with E-state index in [1.54, 1.807) is 11.6 Å².